The third-order valence-corrected chi connectivity index (χ3v) is 5.61. The molecule has 1 saturated heterocycles. The molecule has 2 aliphatic heterocycles. The van der Waals surface area contributed by atoms with Crippen LogP contribution in [-0.2, 0) is 27.5 Å². The van der Waals surface area contributed by atoms with Crippen LogP contribution in [0.5, 0.6) is 5.75 Å². The lowest BCUT2D eigenvalue weighted by molar-refractivity contribution is -0.136. The Balaban J connectivity index is 1.37. The zero-order valence-electron chi connectivity index (χ0n) is 18.1. The number of carbonyl (C=O) groups excluding carboxylic acids is 4. The Morgan fingerprint density at radius 2 is 2.00 bits per heavy atom. The summed E-state index contributed by atoms with van der Waals surface area (Å²) in [7, 11) is 0. The van der Waals surface area contributed by atoms with E-state index in [2.05, 4.69) is 15.4 Å². The lowest BCUT2D eigenvalue weighted by Gasteiger charge is -2.29. The molecule has 2 aromatic carbocycles. The smallest absolute Gasteiger partial charge is 0.411 e. The van der Waals surface area contributed by atoms with E-state index in [1.807, 2.05) is 0 Å². The Hall–Kier alpha value is -4.02. The molecule has 178 valence electrons. The third-order valence-electron chi connectivity index (χ3n) is 5.61. The highest BCUT2D eigenvalue weighted by Crippen LogP contribution is 2.29. The molecule has 1 unspecified atom stereocenters. The zero-order valence-corrected chi connectivity index (χ0v) is 18.1. The van der Waals surface area contributed by atoms with Gasteiger partial charge in [-0.15, -0.1) is 0 Å². The molecular formula is C23H21F2N3O6. The monoisotopic (exact) mass is 473 g/mol. The van der Waals surface area contributed by atoms with E-state index in [1.165, 1.54) is 23.1 Å². The fourth-order valence-corrected chi connectivity index (χ4v) is 3.90. The van der Waals surface area contributed by atoms with E-state index in [9.17, 15) is 28.0 Å². The number of amides is 4. The average Bonchev–Trinajstić information content (AvgIpc) is 3.10. The maximum Gasteiger partial charge on any atom is 0.411 e. The number of ether oxygens (including phenoxy) is 2. The van der Waals surface area contributed by atoms with Crippen molar-refractivity contribution in [2.45, 2.75) is 45.6 Å². The van der Waals surface area contributed by atoms with Gasteiger partial charge in [0.1, 0.15) is 18.4 Å². The van der Waals surface area contributed by atoms with E-state index >= 15 is 0 Å². The topological polar surface area (TPSA) is 114 Å². The molecule has 0 spiro atoms. The fraction of sp³-hybridized carbons (Fsp3) is 0.304. The number of rotatable bonds is 6. The second-order valence-electron chi connectivity index (χ2n) is 7.95. The minimum atomic E-state index is -2.99. The molecule has 0 aromatic heterocycles. The molecule has 2 aromatic rings. The van der Waals surface area contributed by atoms with Crippen LogP contribution in [0.2, 0.25) is 0 Å². The molecule has 2 N–H and O–H groups in total. The summed E-state index contributed by atoms with van der Waals surface area (Å²) in [4.78, 5) is 50.0. The molecule has 11 heteroatoms. The standard InChI is InChI=1S/C23H21F2N3O6/c1-12-2-5-15(9-18(12)34-22(24)25)26-23(32)33-11-13-3-4-14-10-28(21(31)16(14)8-13)17-6-7-19(29)27-20(17)30/h2-5,8-9,17,22H,6-7,10-11H2,1H3,(H,26,32)(H,27,29,30). The van der Waals surface area contributed by atoms with Crippen LogP contribution in [0, 0.1) is 6.92 Å². The second-order valence-corrected chi connectivity index (χ2v) is 7.95. The third kappa shape index (κ3) is 4.98. The van der Waals surface area contributed by atoms with Gasteiger partial charge in [-0.3, -0.25) is 25.0 Å². The highest BCUT2D eigenvalue weighted by molar-refractivity contribution is 6.05. The molecule has 2 heterocycles. The maximum absolute atomic E-state index is 12.9. The number of carbonyl (C=O) groups is 4. The second kappa shape index (κ2) is 9.46. The molecule has 0 aliphatic carbocycles. The van der Waals surface area contributed by atoms with Gasteiger partial charge < -0.3 is 14.4 Å². The zero-order chi connectivity index (χ0) is 24.4. The van der Waals surface area contributed by atoms with Crippen LogP contribution in [0.1, 0.15) is 39.9 Å². The van der Waals surface area contributed by atoms with Gasteiger partial charge in [0.05, 0.1) is 0 Å². The van der Waals surface area contributed by atoms with Crippen molar-refractivity contribution < 1.29 is 37.4 Å². The van der Waals surface area contributed by atoms with Crippen molar-refractivity contribution in [1.29, 1.82) is 0 Å². The van der Waals surface area contributed by atoms with Gasteiger partial charge in [-0.2, -0.15) is 8.78 Å². The Morgan fingerprint density at radius 1 is 1.21 bits per heavy atom. The van der Waals surface area contributed by atoms with Gasteiger partial charge in [-0.25, -0.2) is 4.79 Å². The van der Waals surface area contributed by atoms with E-state index in [0.29, 0.717) is 16.7 Å². The maximum atomic E-state index is 12.9. The Kier molecular flexibility index (Phi) is 6.44. The normalized spacial score (nSPS) is 17.5. The quantitative estimate of drug-likeness (QED) is 0.624. The molecule has 2 aliphatic rings. The summed E-state index contributed by atoms with van der Waals surface area (Å²) in [5.74, 6) is -1.24. The van der Waals surface area contributed by atoms with Gasteiger partial charge in [0.2, 0.25) is 11.8 Å². The lowest BCUT2D eigenvalue weighted by atomic mass is 10.0. The first-order valence-electron chi connectivity index (χ1n) is 10.5. The average molecular weight is 473 g/mol. The van der Waals surface area contributed by atoms with Crippen LogP contribution in [0.15, 0.2) is 36.4 Å². The Bertz CT molecular complexity index is 1170. The fourth-order valence-electron chi connectivity index (χ4n) is 3.90. The molecule has 0 saturated carbocycles. The number of hydrogen-bond donors (Lipinski definition) is 2. The number of nitrogens with one attached hydrogen (secondary N) is 2. The van der Waals surface area contributed by atoms with Crippen LogP contribution >= 0.6 is 0 Å². The van der Waals surface area contributed by atoms with Crippen molar-refractivity contribution in [3.63, 3.8) is 0 Å². The van der Waals surface area contributed by atoms with Crippen molar-refractivity contribution in [3.05, 3.63) is 58.7 Å². The molecule has 4 rings (SSSR count). The van der Waals surface area contributed by atoms with Crippen LogP contribution in [0.25, 0.3) is 0 Å². The molecule has 1 atom stereocenters. The van der Waals surface area contributed by atoms with Crippen molar-refractivity contribution >= 4 is 29.5 Å². The van der Waals surface area contributed by atoms with Gasteiger partial charge in [-0.05, 0) is 42.2 Å². The number of piperidine rings is 1. The van der Waals surface area contributed by atoms with Crippen LogP contribution in [0.3, 0.4) is 0 Å². The molecule has 34 heavy (non-hydrogen) atoms. The number of anilines is 1. The van der Waals surface area contributed by atoms with Crippen molar-refractivity contribution in [3.8, 4) is 5.75 Å². The summed E-state index contributed by atoms with van der Waals surface area (Å²) in [6.07, 6.45) is -0.380. The highest BCUT2D eigenvalue weighted by Gasteiger charge is 2.39. The number of nitrogens with zero attached hydrogens (tertiary/aromatic N) is 1. The lowest BCUT2D eigenvalue weighted by Crippen LogP contribution is -2.52. The van der Waals surface area contributed by atoms with E-state index in [1.54, 1.807) is 25.1 Å². The number of aryl methyl sites for hydroxylation is 1. The summed E-state index contributed by atoms with van der Waals surface area (Å²) in [5.41, 5.74) is 2.38. The summed E-state index contributed by atoms with van der Waals surface area (Å²) >= 11 is 0. The predicted molar refractivity (Wildman–Crippen MR) is 114 cm³/mol. The van der Waals surface area contributed by atoms with Gasteiger partial charge in [-0.1, -0.05) is 18.2 Å². The molecule has 0 radical (unpaired) electrons. The van der Waals surface area contributed by atoms with Crippen LogP contribution in [0.4, 0.5) is 19.3 Å². The van der Waals surface area contributed by atoms with Crippen molar-refractivity contribution in [2.24, 2.45) is 0 Å². The minimum absolute atomic E-state index is 0.0643. The SMILES string of the molecule is Cc1ccc(NC(=O)OCc2ccc3c(c2)C(=O)N(C2CCC(=O)NC2=O)C3)cc1OC(F)F. The van der Waals surface area contributed by atoms with E-state index in [0.717, 1.165) is 5.56 Å². The number of hydrogen-bond acceptors (Lipinski definition) is 6. The Morgan fingerprint density at radius 3 is 2.74 bits per heavy atom. The predicted octanol–water partition coefficient (Wildman–Crippen LogP) is 3.11. The number of fused-ring (bicyclic) bond motifs is 1. The molecule has 0 bridgehead atoms. The summed E-state index contributed by atoms with van der Waals surface area (Å²) in [6.45, 7) is -1.29. The first-order valence-corrected chi connectivity index (χ1v) is 10.5. The molecule has 9 nitrogen and oxygen atoms in total. The summed E-state index contributed by atoms with van der Waals surface area (Å²) < 4.78 is 34.6. The molecular weight excluding hydrogens is 452 g/mol. The van der Waals surface area contributed by atoms with Gasteiger partial charge in [0.15, 0.2) is 0 Å². The summed E-state index contributed by atoms with van der Waals surface area (Å²) in [6, 6.07) is 8.62. The van der Waals surface area contributed by atoms with Gasteiger partial charge >= 0.3 is 12.7 Å². The first-order chi connectivity index (χ1) is 16.2. The largest absolute Gasteiger partial charge is 0.444 e. The van der Waals surface area contributed by atoms with Crippen molar-refractivity contribution in [1.82, 2.24) is 10.2 Å². The molecule has 1 fully saturated rings. The Labute approximate surface area is 193 Å². The number of benzene rings is 2. The van der Waals surface area contributed by atoms with Crippen LogP contribution < -0.4 is 15.4 Å². The van der Waals surface area contributed by atoms with Crippen LogP contribution in [-0.4, -0.2) is 41.4 Å². The molecule has 4 amide bonds. The number of alkyl halides is 2. The first kappa shape index (κ1) is 23.1. The highest BCUT2D eigenvalue weighted by atomic mass is 19.3. The van der Waals surface area contributed by atoms with E-state index < -0.39 is 24.7 Å². The van der Waals surface area contributed by atoms with Gasteiger partial charge in [0, 0.05) is 30.3 Å². The van der Waals surface area contributed by atoms with Gasteiger partial charge in [0.25, 0.3) is 5.91 Å². The number of halogens is 2. The van der Waals surface area contributed by atoms with Crippen molar-refractivity contribution in [2.75, 3.05) is 5.32 Å². The minimum Gasteiger partial charge on any atom is -0.444 e. The summed E-state index contributed by atoms with van der Waals surface area (Å²) in [5, 5.41) is 4.69. The van der Waals surface area contributed by atoms with E-state index in [-0.39, 0.29) is 49.2 Å². The van der Waals surface area contributed by atoms with E-state index in [4.69, 9.17) is 4.74 Å². The number of imide groups is 1.